The second kappa shape index (κ2) is 8.34. The molecule has 0 bridgehead atoms. The van der Waals surface area contributed by atoms with Gasteiger partial charge in [0.25, 0.3) is 0 Å². The largest absolute Gasteiger partial charge is 0.315 e. The summed E-state index contributed by atoms with van der Waals surface area (Å²) in [6.07, 6.45) is 0. The van der Waals surface area contributed by atoms with Crippen LogP contribution in [0.1, 0.15) is 44.7 Å². The van der Waals surface area contributed by atoms with Crippen molar-refractivity contribution in [1.82, 2.24) is 10.2 Å². The van der Waals surface area contributed by atoms with Crippen LogP contribution in [-0.4, -0.2) is 31.6 Å². The molecular formula is C17H30N2. The molecule has 1 aromatic carbocycles. The maximum absolute atomic E-state index is 3.48. The second-order valence-corrected chi connectivity index (χ2v) is 6.23. The first-order valence-corrected chi connectivity index (χ1v) is 7.47. The van der Waals surface area contributed by atoms with Crippen LogP contribution in [0.25, 0.3) is 0 Å². The number of hydrogen-bond donors (Lipinski definition) is 1. The lowest BCUT2D eigenvalue weighted by Gasteiger charge is -2.18. The van der Waals surface area contributed by atoms with Gasteiger partial charge in [0, 0.05) is 19.6 Å². The summed E-state index contributed by atoms with van der Waals surface area (Å²) < 4.78 is 0. The zero-order valence-corrected chi connectivity index (χ0v) is 13.2. The summed E-state index contributed by atoms with van der Waals surface area (Å²) in [4.78, 5) is 2.37. The molecule has 2 nitrogen and oxygen atoms in total. The maximum atomic E-state index is 3.48. The van der Waals surface area contributed by atoms with Gasteiger partial charge in [-0.2, -0.15) is 0 Å². The van der Waals surface area contributed by atoms with Crippen molar-refractivity contribution in [2.75, 3.05) is 26.7 Å². The third kappa shape index (κ3) is 6.74. The van der Waals surface area contributed by atoms with E-state index < -0.39 is 0 Å². The minimum atomic E-state index is 0.618. The number of nitrogens with zero attached hydrogens (tertiary/aromatic N) is 1. The molecule has 0 radical (unpaired) electrons. The first-order chi connectivity index (χ1) is 8.99. The molecule has 0 heterocycles. The third-order valence-corrected chi connectivity index (χ3v) is 3.32. The second-order valence-electron chi connectivity index (χ2n) is 6.23. The summed E-state index contributed by atoms with van der Waals surface area (Å²) >= 11 is 0. The van der Waals surface area contributed by atoms with Crippen LogP contribution in [0.2, 0.25) is 0 Å². The first-order valence-electron chi connectivity index (χ1n) is 7.47. The minimum Gasteiger partial charge on any atom is -0.315 e. The Morgan fingerprint density at radius 2 is 1.68 bits per heavy atom. The Kier molecular flexibility index (Phi) is 7.11. The van der Waals surface area contributed by atoms with Gasteiger partial charge in [0.1, 0.15) is 0 Å². The average Bonchev–Trinajstić information content (AvgIpc) is 2.35. The molecule has 0 saturated carbocycles. The van der Waals surface area contributed by atoms with Crippen LogP contribution in [0.3, 0.4) is 0 Å². The summed E-state index contributed by atoms with van der Waals surface area (Å²) in [5, 5.41) is 3.48. The Morgan fingerprint density at radius 3 is 2.21 bits per heavy atom. The average molecular weight is 262 g/mol. The van der Waals surface area contributed by atoms with E-state index in [1.54, 1.807) is 0 Å². The summed E-state index contributed by atoms with van der Waals surface area (Å²) in [5.41, 5.74) is 2.82. The molecule has 1 N–H and O–H groups in total. The molecule has 2 heteroatoms. The Balaban J connectivity index is 2.29. The predicted molar refractivity (Wildman–Crippen MR) is 84.6 cm³/mol. The lowest BCUT2D eigenvalue weighted by Crippen LogP contribution is -2.30. The minimum absolute atomic E-state index is 0.618. The van der Waals surface area contributed by atoms with Gasteiger partial charge in [0.05, 0.1) is 0 Å². The quantitative estimate of drug-likeness (QED) is 0.722. The van der Waals surface area contributed by atoms with Crippen LogP contribution in [0, 0.1) is 5.92 Å². The lowest BCUT2D eigenvalue weighted by atomic mass is 10.0. The first kappa shape index (κ1) is 16.2. The van der Waals surface area contributed by atoms with Crippen LogP contribution < -0.4 is 5.32 Å². The number of benzene rings is 1. The standard InChI is InChI=1S/C17H30N2/c1-14(2)12-18-10-11-19(5)13-16-6-8-17(9-7-16)15(3)4/h6-9,14-15,18H,10-13H2,1-5H3. The van der Waals surface area contributed by atoms with E-state index in [0.29, 0.717) is 5.92 Å². The molecular weight excluding hydrogens is 232 g/mol. The molecule has 0 aliphatic rings. The van der Waals surface area contributed by atoms with Gasteiger partial charge in [-0.25, -0.2) is 0 Å². The van der Waals surface area contributed by atoms with Crippen molar-refractivity contribution in [2.45, 2.75) is 40.2 Å². The van der Waals surface area contributed by atoms with E-state index in [4.69, 9.17) is 0 Å². The van der Waals surface area contributed by atoms with Crippen molar-refractivity contribution in [2.24, 2.45) is 5.92 Å². The third-order valence-electron chi connectivity index (χ3n) is 3.32. The van der Waals surface area contributed by atoms with Gasteiger partial charge in [-0.3, -0.25) is 0 Å². The van der Waals surface area contributed by atoms with Gasteiger partial charge in [0.2, 0.25) is 0 Å². The molecule has 0 aliphatic heterocycles. The van der Waals surface area contributed by atoms with E-state index in [1.165, 1.54) is 11.1 Å². The zero-order chi connectivity index (χ0) is 14.3. The lowest BCUT2D eigenvalue weighted by molar-refractivity contribution is 0.321. The van der Waals surface area contributed by atoms with Crippen LogP contribution >= 0.6 is 0 Å². The number of nitrogens with one attached hydrogen (secondary N) is 1. The summed E-state index contributed by atoms with van der Waals surface area (Å²) in [5.74, 6) is 1.35. The molecule has 0 spiro atoms. The molecule has 0 aliphatic carbocycles. The number of likely N-dealkylation sites (N-methyl/N-ethyl adjacent to an activating group) is 1. The van der Waals surface area contributed by atoms with Crippen molar-refractivity contribution in [3.8, 4) is 0 Å². The summed E-state index contributed by atoms with van der Waals surface area (Å²) in [6, 6.07) is 9.02. The molecule has 0 fully saturated rings. The highest BCUT2D eigenvalue weighted by Crippen LogP contribution is 2.15. The summed E-state index contributed by atoms with van der Waals surface area (Å²) in [7, 11) is 2.19. The van der Waals surface area contributed by atoms with E-state index >= 15 is 0 Å². The topological polar surface area (TPSA) is 15.3 Å². The number of rotatable bonds is 8. The fraction of sp³-hybridized carbons (Fsp3) is 0.647. The molecule has 108 valence electrons. The maximum Gasteiger partial charge on any atom is 0.0231 e. The van der Waals surface area contributed by atoms with Gasteiger partial charge in [-0.05, 0) is 36.6 Å². The highest BCUT2D eigenvalue weighted by molar-refractivity contribution is 5.24. The van der Waals surface area contributed by atoms with Crippen LogP contribution in [0.15, 0.2) is 24.3 Å². The van der Waals surface area contributed by atoms with E-state index in [0.717, 1.165) is 32.1 Å². The fourth-order valence-corrected chi connectivity index (χ4v) is 2.06. The van der Waals surface area contributed by atoms with Crippen molar-refractivity contribution < 1.29 is 0 Å². The van der Waals surface area contributed by atoms with Crippen LogP contribution in [-0.2, 0) is 6.54 Å². The highest BCUT2D eigenvalue weighted by atomic mass is 15.1. The van der Waals surface area contributed by atoms with Gasteiger partial charge in [-0.15, -0.1) is 0 Å². The van der Waals surface area contributed by atoms with Gasteiger partial charge < -0.3 is 10.2 Å². The van der Waals surface area contributed by atoms with Crippen molar-refractivity contribution >= 4 is 0 Å². The molecule has 0 unspecified atom stereocenters. The van der Waals surface area contributed by atoms with Crippen molar-refractivity contribution in [3.05, 3.63) is 35.4 Å². The van der Waals surface area contributed by atoms with E-state index in [9.17, 15) is 0 Å². The van der Waals surface area contributed by atoms with Crippen LogP contribution in [0.5, 0.6) is 0 Å². The van der Waals surface area contributed by atoms with Crippen molar-refractivity contribution in [1.29, 1.82) is 0 Å². The predicted octanol–water partition coefficient (Wildman–Crippen LogP) is 3.49. The smallest absolute Gasteiger partial charge is 0.0231 e. The van der Waals surface area contributed by atoms with E-state index in [-0.39, 0.29) is 0 Å². The van der Waals surface area contributed by atoms with Gasteiger partial charge >= 0.3 is 0 Å². The molecule has 0 amide bonds. The SMILES string of the molecule is CC(C)CNCCN(C)Cc1ccc(C(C)C)cc1. The normalized spacial score (nSPS) is 11.8. The highest BCUT2D eigenvalue weighted by Gasteiger charge is 2.02. The zero-order valence-electron chi connectivity index (χ0n) is 13.2. The van der Waals surface area contributed by atoms with E-state index in [2.05, 4.69) is 69.2 Å². The monoisotopic (exact) mass is 262 g/mol. The Bertz CT molecular complexity index is 341. The molecule has 0 saturated heterocycles. The Hall–Kier alpha value is -0.860. The summed E-state index contributed by atoms with van der Waals surface area (Å²) in [6.45, 7) is 13.3. The van der Waals surface area contributed by atoms with Gasteiger partial charge in [0.15, 0.2) is 0 Å². The van der Waals surface area contributed by atoms with E-state index in [1.807, 2.05) is 0 Å². The Morgan fingerprint density at radius 1 is 1.05 bits per heavy atom. The Labute approximate surface area is 119 Å². The molecule has 0 aromatic heterocycles. The fourth-order valence-electron chi connectivity index (χ4n) is 2.06. The molecule has 1 aromatic rings. The van der Waals surface area contributed by atoms with Crippen LogP contribution in [0.4, 0.5) is 0 Å². The van der Waals surface area contributed by atoms with Gasteiger partial charge in [-0.1, -0.05) is 52.0 Å². The molecule has 0 atom stereocenters. The number of hydrogen-bond acceptors (Lipinski definition) is 2. The molecule has 19 heavy (non-hydrogen) atoms. The van der Waals surface area contributed by atoms with Crippen molar-refractivity contribution in [3.63, 3.8) is 0 Å². The molecule has 1 rings (SSSR count).